The van der Waals surface area contributed by atoms with E-state index in [1.807, 2.05) is 0 Å². The highest BCUT2D eigenvalue weighted by Gasteiger charge is 2.20. The molecule has 0 aromatic heterocycles. The van der Waals surface area contributed by atoms with Crippen LogP contribution >= 0.6 is 0 Å². The van der Waals surface area contributed by atoms with E-state index in [0.29, 0.717) is 11.6 Å². The summed E-state index contributed by atoms with van der Waals surface area (Å²) >= 11 is 0. The zero-order valence-corrected chi connectivity index (χ0v) is 11.6. The largest absolute Gasteiger partial charge is 0.478 e. The third-order valence-electron chi connectivity index (χ3n) is 3.64. The molecule has 1 aromatic rings. The Labute approximate surface area is 118 Å². The van der Waals surface area contributed by atoms with Gasteiger partial charge < -0.3 is 15.7 Å². The number of benzene rings is 1. The number of amides is 2. The average Bonchev–Trinajstić information content (AvgIpc) is 2.38. The lowest BCUT2D eigenvalue weighted by atomic mass is 9.87. The van der Waals surface area contributed by atoms with Gasteiger partial charge in [-0.1, -0.05) is 25.8 Å². The van der Waals surface area contributed by atoms with Crippen molar-refractivity contribution in [2.45, 2.75) is 38.6 Å². The third-order valence-corrected chi connectivity index (χ3v) is 3.64. The summed E-state index contributed by atoms with van der Waals surface area (Å²) in [6, 6.07) is 6.17. The van der Waals surface area contributed by atoms with Gasteiger partial charge in [0.2, 0.25) is 0 Å². The standard InChI is InChI=1S/C15H20N2O3/c1-10-4-2-6-12(8-10)16-15(20)17-13-7-3-5-11(9-13)14(18)19/h3,5,7,9-10,12H,2,4,6,8H2,1H3,(H,18,19)(H2,16,17,20). The lowest BCUT2D eigenvalue weighted by Gasteiger charge is -2.27. The molecule has 108 valence electrons. The molecule has 2 atom stereocenters. The topological polar surface area (TPSA) is 78.4 Å². The first kappa shape index (κ1) is 14.4. The van der Waals surface area contributed by atoms with Crippen LogP contribution in [0.4, 0.5) is 10.5 Å². The normalized spacial score (nSPS) is 22.1. The van der Waals surface area contributed by atoms with Crippen molar-refractivity contribution in [1.82, 2.24) is 5.32 Å². The minimum atomic E-state index is -1.00. The molecule has 2 rings (SSSR count). The number of aromatic carboxylic acids is 1. The predicted molar refractivity (Wildman–Crippen MR) is 77.0 cm³/mol. The smallest absolute Gasteiger partial charge is 0.335 e. The molecule has 3 N–H and O–H groups in total. The summed E-state index contributed by atoms with van der Waals surface area (Å²) in [4.78, 5) is 22.8. The molecule has 0 radical (unpaired) electrons. The number of urea groups is 1. The van der Waals surface area contributed by atoms with Crippen LogP contribution in [0.3, 0.4) is 0 Å². The van der Waals surface area contributed by atoms with E-state index < -0.39 is 5.97 Å². The second-order valence-corrected chi connectivity index (χ2v) is 5.45. The summed E-state index contributed by atoms with van der Waals surface area (Å²) in [6.45, 7) is 2.20. The van der Waals surface area contributed by atoms with Crippen LogP contribution in [0.5, 0.6) is 0 Å². The predicted octanol–water partition coefficient (Wildman–Crippen LogP) is 3.09. The maximum atomic E-state index is 11.9. The lowest BCUT2D eigenvalue weighted by Crippen LogP contribution is -2.40. The molecule has 0 spiro atoms. The number of hydrogen-bond acceptors (Lipinski definition) is 2. The molecular formula is C15H20N2O3. The summed E-state index contributed by atoms with van der Waals surface area (Å²) in [7, 11) is 0. The minimum Gasteiger partial charge on any atom is -0.478 e. The van der Waals surface area contributed by atoms with Crippen LogP contribution in [0.2, 0.25) is 0 Å². The fourth-order valence-electron chi connectivity index (χ4n) is 2.65. The van der Waals surface area contributed by atoms with E-state index in [1.165, 1.54) is 18.6 Å². The van der Waals surface area contributed by atoms with E-state index in [2.05, 4.69) is 17.6 Å². The molecule has 5 heteroatoms. The Kier molecular flexibility index (Phi) is 4.61. The van der Waals surface area contributed by atoms with Gasteiger partial charge in [0.1, 0.15) is 0 Å². The Morgan fingerprint density at radius 3 is 2.80 bits per heavy atom. The van der Waals surface area contributed by atoms with Gasteiger partial charge in [-0.2, -0.15) is 0 Å². The van der Waals surface area contributed by atoms with Gasteiger partial charge in [0.05, 0.1) is 5.56 Å². The Balaban J connectivity index is 1.91. The number of carboxylic acids is 1. The second kappa shape index (κ2) is 6.41. The molecule has 0 aliphatic heterocycles. The van der Waals surface area contributed by atoms with E-state index in [0.717, 1.165) is 19.3 Å². The molecule has 1 aliphatic rings. The highest BCUT2D eigenvalue weighted by molar-refractivity contribution is 5.93. The van der Waals surface area contributed by atoms with Gasteiger partial charge in [-0.25, -0.2) is 9.59 Å². The first-order valence-corrected chi connectivity index (χ1v) is 6.95. The first-order valence-electron chi connectivity index (χ1n) is 6.95. The van der Waals surface area contributed by atoms with Crippen LogP contribution in [0.15, 0.2) is 24.3 Å². The van der Waals surface area contributed by atoms with Crippen LogP contribution in [-0.2, 0) is 0 Å². The van der Waals surface area contributed by atoms with Crippen molar-refractivity contribution >= 4 is 17.7 Å². The Hall–Kier alpha value is -2.04. The minimum absolute atomic E-state index is 0.161. The average molecular weight is 276 g/mol. The van der Waals surface area contributed by atoms with Gasteiger partial charge >= 0.3 is 12.0 Å². The number of carbonyl (C=O) groups excluding carboxylic acids is 1. The van der Waals surface area contributed by atoms with Crippen LogP contribution in [0.1, 0.15) is 43.0 Å². The molecule has 1 aromatic carbocycles. The van der Waals surface area contributed by atoms with E-state index in [1.54, 1.807) is 12.1 Å². The molecule has 2 unspecified atom stereocenters. The number of carboxylic acid groups (broad SMARTS) is 1. The molecular weight excluding hydrogens is 256 g/mol. The van der Waals surface area contributed by atoms with Gasteiger partial charge in [-0.15, -0.1) is 0 Å². The van der Waals surface area contributed by atoms with Gasteiger partial charge in [-0.05, 0) is 37.0 Å². The summed E-state index contributed by atoms with van der Waals surface area (Å²) in [5.74, 6) is -0.362. The summed E-state index contributed by atoms with van der Waals surface area (Å²) in [5, 5.41) is 14.5. The number of rotatable bonds is 3. The maximum Gasteiger partial charge on any atom is 0.335 e. The van der Waals surface area contributed by atoms with Gasteiger partial charge in [-0.3, -0.25) is 0 Å². The SMILES string of the molecule is CC1CCCC(NC(=O)Nc2cccc(C(=O)O)c2)C1. The van der Waals surface area contributed by atoms with Gasteiger partial charge in [0.25, 0.3) is 0 Å². The number of nitrogens with one attached hydrogen (secondary N) is 2. The van der Waals surface area contributed by atoms with Crippen molar-refractivity contribution in [3.63, 3.8) is 0 Å². The van der Waals surface area contributed by atoms with Crippen molar-refractivity contribution in [3.05, 3.63) is 29.8 Å². The third kappa shape index (κ3) is 3.98. The molecule has 0 bridgehead atoms. The zero-order valence-electron chi connectivity index (χ0n) is 11.6. The molecule has 0 saturated heterocycles. The van der Waals surface area contributed by atoms with Crippen molar-refractivity contribution in [3.8, 4) is 0 Å². The molecule has 20 heavy (non-hydrogen) atoms. The highest BCUT2D eigenvalue weighted by Crippen LogP contribution is 2.23. The van der Waals surface area contributed by atoms with Crippen molar-refractivity contribution in [1.29, 1.82) is 0 Å². The Morgan fingerprint density at radius 2 is 2.10 bits per heavy atom. The molecule has 1 aliphatic carbocycles. The summed E-state index contributed by atoms with van der Waals surface area (Å²) in [5.41, 5.74) is 0.653. The number of carbonyl (C=O) groups is 2. The van der Waals surface area contributed by atoms with Gasteiger partial charge in [0, 0.05) is 11.7 Å². The number of anilines is 1. The van der Waals surface area contributed by atoms with Crippen LogP contribution in [-0.4, -0.2) is 23.1 Å². The summed E-state index contributed by atoms with van der Waals surface area (Å²) in [6.07, 6.45) is 4.37. The molecule has 1 saturated carbocycles. The monoisotopic (exact) mass is 276 g/mol. The van der Waals surface area contributed by atoms with E-state index in [9.17, 15) is 9.59 Å². The lowest BCUT2D eigenvalue weighted by molar-refractivity contribution is 0.0697. The first-order chi connectivity index (χ1) is 9.54. The number of hydrogen-bond donors (Lipinski definition) is 3. The zero-order chi connectivity index (χ0) is 14.5. The van der Waals surface area contributed by atoms with Gasteiger partial charge in [0.15, 0.2) is 0 Å². The molecule has 0 heterocycles. The fourth-order valence-corrected chi connectivity index (χ4v) is 2.65. The fraction of sp³-hybridized carbons (Fsp3) is 0.467. The van der Waals surface area contributed by atoms with E-state index in [-0.39, 0.29) is 17.6 Å². The van der Waals surface area contributed by atoms with E-state index >= 15 is 0 Å². The second-order valence-electron chi connectivity index (χ2n) is 5.45. The van der Waals surface area contributed by atoms with Crippen molar-refractivity contribution in [2.24, 2.45) is 5.92 Å². The van der Waals surface area contributed by atoms with Crippen molar-refractivity contribution < 1.29 is 14.7 Å². The molecule has 5 nitrogen and oxygen atoms in total. The quantitative estimate of drug-likeness (QED) is 0.793. The van der Waals surface area contributed by atoms with Crippen LogP contribution in [0.25, 0.3) is 0 Å². The Morgan fingerprint density at radius 1 is 1.30 bits per heavy atom. The molecule has 1 fully saturated rings. The summed E-state index contributed by atoms with van der Waals surface area (Å²) < 4.78 is 0. The van der Waals surface area contributed by atoms with Crippen LogP contribution in [0, 0.1) is 5.92 Å². The maximum absolute atomic E-state index is 11.9. The van der Waals surface area contributed by atoms with Crippen molar-refractivity contribution in [2.75, 3.05) is 5.32 Å². The van der Waals surface area contributed by atoms with Crippen LogP contribution < -0.4 is 10.6 Å². The molecule has 2 amide bonds. The van der Waals surface area contributed by atoms with E-state index in [4.69, 9.17) is 5.11 Å². The Bertz CT molecular complexity index is 502. The highest BCUT2D eigenvalue weighted by atomic mass is 16.4.